The molecule has 0 aromatic carbocycles. The molecule has 0 N–H and O–H groups in total. The zero-order valence-corrected chi connectivity index (χ0v) is 16.4. The predicted molar refractivity (Wildman–Crippen MR) is 96.9 cm³/mol. The van der Waals surface area contributed by atoms with E-state index in [-0.39, 0.29) is 22.9 Å². The maximum atomic E-state index is 12.5. The van der Waals surface area contributed by atoms with Crippen LogP contribution in [0.2, 0.25) is 0 Å². The Labute approximate surface area is 152 Å². The third kappa shape index (κ3) is 2.36. The number of carbonyl (C=O) groups is 2. The largest absolute Gasteiger partial charge is 0.463 e. The van der Waals surface area contributed by atoms with Crippen LogP contribution in [0.3, 0.4) is 0 Å². The lowest BCUT2D eigenvalue weighted by molar-refractivity contribution is -0.181. The number of fused-ring (bicyclic) bond motifs is 5. The van der Waals surface area contributed by atoms with E-state index in [4.69, 9.17) is 4.74 Å². The third-order valence-corrected chi connectivity index (χ3v) is 9.37. The Balaban J connectivity index is 1.60. The SMILES string of the molecule is CC(=O)O[C@H]1CC[C@@]2(C)[C@@H]3CC[C@@]4(C)C(=O)CC[C@@H]4[C@@H]3CC[C@@]2(C)C1. The van der Waals surface area contributed by atoms with Gasteiger partial charge in [0, 0.05) is 18.8 Å². The molecule has 3 heteroatoms. The Hall–Kier alpha value is -0.860. The molecule has 0 radical (unpaired) electrons. The van der Waals surface area contributed by atoms with Gasteiger partial charge in [0.15, 0.2) is 0 Å². The smallest absolute Gasteiger partial charge is 0.302 e. The number of Topliss-reactive ketones (excluding diaryl/α,β-unsaturated/α-hetero) is 1. The fourth-order valence-corrected chi connectivity index (χ4v) is 7.69. The fourth-order valence-electron chi connectivity index (χ4n) is 7.69. The summed E-state index contributed by atoms with van der Waals surface area (Å²) < 4.78 is 5.60. The standard InChI is InChI=1S/C22H34O3/c1-14(23)25-15-7-12-22(4)18-9-11-21(3)17(5-6-19(21)24)16(18)8-10-20(22,2)13-15/h15-18H,5-13H2,1-4H3/t15-,16-,17+,18+,20-,21+,22-/m0/s1. The summed E-state index contributed by atoms with van der Waals surface area (Å²) in [5.74, 6) is 2.49. The highest BCUT2D eigenvalue weighted by Crippen LogP contribution is 2.69. The zero-order valence-electron chi connectivity index (χ0n) is 16.4. The van der Waals surface area contributed by atoms with Crippen molar-refractivity contribution in [3.8, 4) is 0 Å². The molecule has 0 spiro atoms. The lowest BCUT2D eigenvalue weighted by Gasteiger charge is -2.64. The minimum Gasteiger partial charge on any atom is -0.463 e. The summed E-state index contributed by atoms with van der Waals surface area (Å²) >= 11 is 0. The summed E-state index contributed by atoms with van der Waals surface area (Å²) in [6, 6.07) is 0. The lowest BCUT2D eigenvalue weighted by atomic mass is 9.40. The summed E-state index contributed by atoms with van der Waals surface area (Å²) in [4.78, 5) is 23.9. The third-order valence-electron chi connectivity index (χ3n) is 9.37. The van der Waals surface area contributed by atoms with Gasteiger partial charge in [-0.15, -0.1) is 0 Å². The van der Waals surface area contributed by atoms with Crippen molar-refractivity contribution in [2.75, 3.05) is 0 Å². The van der Waals surface area contributed by atoms with Crippen LogP contribution >= 0.6 is 0 Å². The monoisotopic (exact) mass is 346 g/mol. The van der Waals surface area contributed by atoms with Crippen molar-refractivity contribution in [1.29, 1.82) is 0 Å². The molecule has 4 fully saturated rings. The van der Waals surface area contributed by atoms with E-state index < -0.39 is 0 Å². The van der Waals surface area contributed by atoms with Crippen molar-refractivity contribution < 1.29 is 14.3 Å². The molecule has 140 valence electrons. The van der Waals surface area contributed by atoms with Gasteiger partial charge in [-0.2, -0.15) is 0 Å². The van der Waals surface area contributed by atoms with Crippen LogP contribution in [0.5, 0.6) is 0 Å². The number of hydrogen-bond donors (Lipinski definition) is 0. The Kier molecular flexibility index (Phi) is 3.91. The van der Waals surface area contributed by atoms with E-state index in [1.54, 1.807) is 0 Å². The van der Waals surface area contributed by atoms with E-state index >= 15 is 0 Å². The summed E-state index contributed by atoms with van der Waals surface area (Å²) in [6.45, 7) is 8.77. The van der Waals surface area contributed by atoms with Crippen LogP contribution in [0.15, 0.2) is 0 Å². The summed E-state index contributed by atoms with van der Waals surface area (Å²) in [6.07, 6.45) is 10.0. The fraction of sp³-hybridized carbons (Fsp3) is 0.909. The van der Waals surface area contributed by atoms with Crippen LogP contribution in [0.25, 0.3) is 0 Å². The predicted octanol–water partition coefficient (Wildman–Crippen LogP) is 4.92. The molecule has 7 atom stereocenters. The Morgan fingerprint density at radius 3 is 2.48 bits per heavy atom. The van der Waals surface area contributed by atoms with E-state index in [9.17, 15) is 9.59 Å². The zero-order chi connectivity index (χ0) is 18.0. The van der Waals surface area contributed by atoms with Gasteiger partial charge < -0.3 is 4.74 Å². The van der Waals surface area contributed by atoms with E-state index in [2.05, 4.69) is 20.8 Å². The lowest BCUT2D eigenvalue weighted by Crippen LogP contribution is -2.58. The number of rotatable bonds is 1. The molecule has 0 heterocycles. The van der Waals surface area contributed by atoms with E-state index in [0.29, 0.717) is 17.1 Å². The van der Waals surface area contributed by atoms with E-state index in [1.165, 1.54) is 32.6 Å². The highest BCUT2D eigenvalue weighted by atomic mass is 16.5. The first-order valence-electron chi connectivity index (χ1n) is 10.4. The highest BCUT2D eigenvalue weighted by Gasteiger charge is 2.63. The molecule has 0 aliphatic heterocycles. The molecule has 0 saturated heterocycles. The first-order valence-corrected chi connectivity index (χ1v) is 10.4. The van der Waals surface area contributed by atoms with Crippen LogP contribution in [0.1, 0.15) is 85.5 Å². The van der Waals surface area contributed by atoms with Gasteiger partial charge in [0.2, 0.25) is 0 Å². The van der Waals surface area contributed by atoms with Crippen molar-refractivity contribution in [2.24, 2.45) is 34.0 Å². The summed E-state index contributed by atoms with van der Waals surface area (Å²) in [7, 11) is 0. The van der Waals surface area contributed by atoms with Gasteiger partial charge in [-0.1, -0.05) is 20.8 Å². The van der Waals surface area contributed by atoms with Gasteiger partial charge in [0.1, 0.15) is 11.9 Å². The molecule has 4 aliphatic carbocycles. The average molecular weight is 347 g/mol. The second-order valence-electron chi connectivity index (χ2n) is 10.3. The average Bonchev–Trinajstić information content (AvgIpc) is 2.84. The minimum atomic E-state index is -0.135. The van der Waals surface area contributed by atoms with Gasteiger partial charge in [-0.25, -0.2) is 0 Å². The van der Waals surface area contributed by atoms with Crippen molar-refractivity contribution in [1.82, 2.24) is 0 Å². The van der Waals surface area contributed by atoms with Gasteiger partial charge >= 0.3 is 5.97 Å². The molecule has 0 amide bonds. The first-order chi connectivity index (χ1) is 11.7. The van der Waals surface area contributed by atoms with Crippen molar-refractivity contribution >= 4 is 11.8 Å². The summed E-state index contributed by atoms with van der Waals surface area (Å²) in [5, 5.41) is 0. The van der Waals surface area contributed by atoms with Crippen molar-refractivity contribution in [2.45, 2.75) is 91.6 Å². The van der Waals surface area contributed by atoms with Crippen molar-refractivity contribution in [3.05, 3.63) is 0 Å². The van der Waals surface area contributed by atoms with Crippen LogP contribution in [-0.2, 0) is 14.3 Å². The molecule has 0 unspecified atom stereocenters. The first kappa shape index (κ1) is 17.5. The maximum absolute atomic E-state index is 12.5. The number of carbonyl (C=O) groups excluding carboxylic acids is 2. The number of ether oxygens (including phenoxy) is 1. The maximum Gasteiger partial charge on any atom is 0.302 e. The molecular formula is C22H34O3. The second kappa shape index (κ2) is 5.57. The molecule has 25 heavy (non-hydrogen) atoms. The molecule has 4 rings (SSSR count). The van der Waals surface area contributed by atoms with Gasteiger partial charge in [-0.05, 0) is 80.0 Å². The van der Waals surface area contributed by atoms with Crippen LogP contribution in [0.4, 0.5) is 0 Å². The van der Waals surface area contributed by atoms with Crippen molar-refractivity contribution in [3.63, 3.8) is 0 Å². The van der Waals surface area contributed by atoms with Gasteiger partial charge in [0.05, 0.1) is 0 Å². The topological polar surface area (TPSA) is 43.4 Å². The molecule has 4 aliphatic rings. The number of hydrogen-bond acceptors (Lipinski definition) is 3. The molecule has 4 saturated carbocycles. The van der Waals surface area contributed by atoms with Gasteiger partial charge in [0.25, 0.3) is 0 Å². The van der Waals surface area contributed by atoms with Crippen LogP contribution in [0, 0.1) is 34.0 Å². The normalized spacial score (nSPS) is 52.1. The van der Waals surface area contributed by atoms with E-state index in [0.717, 1.165) is 43.9 Å². The molecule has 0 bridgehead atoms. The highest BCUT2D eigenvalue weighted by molar-refractivity contribution is 5.87. The van der Waals surface area contributed by atoms with E-state index in [1.807, 2.05) is 0 Å². The molecule has 0 aromatic heterocycles. The quantitative estimate of drug-likeness (QED) is 0.633. The second-order valence-corrected chi connectivity index (χ2v) is 10.3. The summed E-state index contributed by atoms with van der Waals surface area (Å²) in [5.41, 5.74) is 0.572. The molecule has 0 aromatic rings. The Morgan fingerprint density at radius 1 is 1.00 bits per heavy atom. The Morgan fingerprint density at radius 2 is 1.76 bits per heavy atom. The minimum absolute atomic E-state index is 0.0276. The number of esters is 1. The molecular weight excluding hydrogens is 312 g/mol. The van der Waals surface area contributed by atoms with Crippen LogP contribution in [-0.4, -0.2) is 17.9 Å². The number of ketones is 1. The Bertz CT molecular complexity index is 598. The van der Waals surface area contributed by atoms with Crippen LogP contribution < -0.4 is 0 Å². The van der Waals surface area contributed by atoms with Gasteiger partial charge in [-0.3, -0.25) is 9.59 Å². The molecule has 3 nitrogen and oxygen atoms in total.